The van der Waals surface area contributed by atoms with Crippen LogP contribution < -0.4 is 0 Å². The van der Waals surface area contributed by atoms with Crippen molar-refractivity contribution in [1.82, 2.24) is 0 Å². The van der Waals surface area contributed by atoms with Crippen LogP contribution in [0, 0.1) is 11.3 Å². The fourth-order valence-corrected chi connectivity index (χ4v) is 1.35. The second-order valence-corrected chi connectivity index (χ2v) is 3.13. The van der Waals surface area contributed by atoms with Gasteiger partial charge in [-0.2, -0.15) is 5.26 Å². The Morgan fingerprint density at radius 1 is 1.33 bits per heavy atom. The zero-order valence-electron chi connectivity index (χ0n) is 8.61. The average molecular weight is 195 g/mol. The lowest BCUT2D eigenvalue weighted by molar-refractivity contribution is 1.18. The maximum Gasteiger partial charge on any atom is 0.0994 e. The van der Waals surface area contributed by atoms with Crippen molar-refractivity contribution in [3.05, 3.63) is 72.4 Å². The number of benzene rings is 1. The van der Waals surface area contributed by atoms with Gasteiger partial charge in [-0.05, 0) is 23.6 Å². The van der Waals surface area contributed by atoms with Gasteiger partial charge < -0.3 is 0 Å². The molecule has 1 heteroatoms. The van der Waals surface area contributed by atoms with Gasteiger partial charge >= 0.3 is 0 Å². The van der Waals surface area contributed by atoms with Crippen LogP contribution in [-0.2, 0) is 6.42 Å². The summed E-state index contributed by atoms with van der Waals surface area (Å²) in [6.07, 6.45) is 6.14. The summed E-state index contributed by atoms with van der Waals surface area (Å²) in [4.78, 5) is 0. The number of allylic oxidation sites excluding steroid dienone is 4. The van der Waals surface area contributed by atoms with Crippen molar-refractivity contribution in [1.29, 1.82) is 5.26 Å². The minimum atomic E-state index is 0.717. The minimum absolute atomic E-state index is 0.717. The molecule has 0 atom stereocenters. The number of nitriles is 1. The molecule has 0 bridgehead atoms. The summed E-state index contributed by atoms with van der Waals surface area (Å²) in [6, 6.07) is 9.76. The number of hydrogen-bond acceptors (Lipinski definition) is 1. The SMILES string of the molecule is C=C/C=C(\C=C)Cc1ccccc1C#N. The average Bonchev–Trinajstić information content (AvgIpc) is 2.29. The van der Waals surface area contributed by atoms with Gasteiger partial charge in [0, 0.05) is 0 Å². The Morgan fingerprint density at radius 3 is 2.67 bits per heavy atom. The first-order chi connectivity index (χ1) is 7.31. The van der Waals surface area contributed by atoms with Crippen molar-refractivity contribution in [2.75, 3.05) is 0 Å². The molecule has 0 aliphatic heterocycles. The predicted octanol–water partition coefficient (Wildman–Crippen LogP) is 3.40. The van der Waals surface area contributed by atoms with Crippen LogP contribution in [0.4, 0.5) is 0 Å². The van der Waals surface area contributed by atoms with E-state index < -0.39 is 0 Å². The molecule has 0 unspecified atom stereocenters. The lowest BCUT2D eigenvalue weighted by atomic mass is 10.0. The summed E-state index contributed by atoms with van der Waals surface area (Å²) in [5.41, 5.74) is 2.80. The minimum Gasteiger partial charge on any atom is -0.192 e. The molecule has 1 nitrogen and oxygen atoms in total. The van der Waals surface area contributed by atoms with E-state index in [1.807, 2.05) is 30.3 Å². The Labute approximate surface area is 90.7 Å². The van der Waals surface area contributed by atoms with Gasteiger partial charge in [0.2, 0.25) is 0 Å². The van der Waals surface area contributed by atoms with Gasteiger partial charge in [0.25, 0.3) is 0 Å². The molecule has 15 heavy (non-hydrogen) atoms. The van der Waals surface area contributed by atoms with Crippen LogP contribution >= 0.6 is 0 Å². The van der Waals surface area contributed by atoms with Crippen LogP contribution in [0.25, 0.3) is 0 Å². The van der Waals surface area contributed by atoms with Crippen molar-refractivity contribution >= 4 is 0 Å². The molecular formula is C14H13N. The molecule has 0 fully saturated rings. The van der Waals surface area contributed by atoms with Crippen molar-refractivity contribution < 1.29 is 0 Å². The topological polar surface area (TPSA) is 23.8 Å². The third-order valence-corrected chi connectivity index (χ3v) is 2.13. The van der Waals surface area contributed by atoms with Crippen molar-refractivity contribution in [3.63, 3.8) is 0 Å². The van der Waals surface area contributed by atoms with Crippen molar-refractivity contribution in [2.24, 2.45) is 0 Å². The van der Waals surface area contributed by atoms with Crippen LogP contribution in [0.15, 0.2) is 61.2 Å². The summed E-state index contributed by atoms with van der Waals surface area (Å²) in [6.45, 7) is 7.38. The van der Waals surface area contributed by atoms with E-state index in [0.29, 0.717) is 5.56 Å². The first kappa shape index (κ1) is 11.0. The standard InChI is InChI=1S/C14H13N/c1-3-7-12(4-2)10-13-8-5-6-9-14(13)11-15/h3-9H,1-2,10H2/b12-7+. The summed E-state index contributed by atoms with van der Waals surface area (Å²) in [5, 5.41) is 8.92. The fourth-order valence-electron chi connectivity index (χ4n) is 1.35. The Kier molecular flexibility index (Phi) is 4.12. The smallest absolute Gasteiger partial charge is 0.0994 e. The van der Waals surface area contributed by atoms with Gasteiger partial charge in [-0.1, -0.05) is 49.6 Å². The molecule has 0 heterocycles. The molecule has 0 saturated heterocycles. The molecule has 0 aliphatic rings. The summed E-state index contributed by atoms with van der Waals surface area (Å²) < 4.78 is 0. The van der Waals surface area contributed by atoms with E-state index in [0.717, 1.165) is 17.6 Å². The molecule has 0 spiro atoms. The highest BCUT2D eigenvalue weighted by Gasteiger charge is 2.01. The number of hydrogen-bond donors (Lipinski definition) is 0. The van der Waals surface area contributed by atoms with E-state index >= 15 is 0 Å². The Balaban J connectivity index is 2.98. The molecule has 0 radical (unpaired) electrons. The second kappa shape index (κ2) is 5.62. The second-order valence-electron chi connectivity index (χ2n) is 3.13. The maximum absolute atomic E-state index is 8.92. The lowest BCUT2D eigenvalue weighted by Crippen LogP contribution is -1.91. The monoisotopic (exact) mass is 195 g/mol. The highest BCUT2D eigenvalue weighted by molar-refractivity contribution is 5.41. The molecule has 0 N–H and O–H groups in total. The van der Waals surface area contributed by atoms with Crippen LogP contribution in [0.5, 0.6) is 0 Å². The molecule has 74 valence electrons. The molecule has 0 aromatic heterocycles. The highest BCUT2D eigenvalue weighted by Crippen LogP contribution is 2.13. The zero-order valence-corrected chi connectivity index (χ0v) is 8.61. The summed E-state index contributed by atoms with van der Waals surface area (Å²) in [5.74, 6) is 0. The fraction of sp³-hybridized carbons (Fsp3) is 0.0714. The van der Waals surface area contributed by atoms with Gasteiger partial charge in [0.1, 0.15) is 0 Å². The summed E-state index contributed by atoms with van der Waals surface area (Å²) in [7, 11) is 0. The molecule has 1 rings (SSSR count). The Bertz CT molecular complexity index is 433. The van der Waals surface area contributed by atoms with Gasteiger partial charge in [0.15, 0.2) is 0 Å². The molecule has 0 amide bonds. The largest absolute Gasteiger partial charge is 0.192 e. The van der Waals surface area contributed by atoms with E-state index in [9.17, 15) is 0 Å². The predicted molar refractivity (Wildman–Crippen MR) is 63.3 cm³/mol. The first-order valence-electron chi connectivity index (χ1n) is 4.74. The molecule has 0 saturated carbocycles. The quantitative estimate of drug-likeness (QED) is 0.675. The van der Waals surface area contributed by atoms with Gasteiger partial charge in [-0.3, -0.25) is 0 Å². The van der Waals surface area contributed by atoms with E-state index in [1.165, 1.54) is 0 Å². The van der Waals surface area contributed by atoms with Crippen molar-refractivity contribution in [2.45, 2.75) is 6.42 Å². The molecular weight excluding hydrogens is 182 g/mol. The zero-order chi connectivity index (χ0) is 11.1. The third kappa shape index (κ3) is 2.96. The van der Waals surface area contributed by atoms with E-state index in [4.69, 9.17) is 5.26 Å². The van der Waals surface area contributed by atoms with Crippen LogP contribution in [0.1, 0.15) is 11.1 Å². The Morgan fingerprint density at radius 2 is 2.07 bits per heavy atom. The lowest BCUT2D eigenvalue weighted by Gasteiger charge is -2.03. The van der Waals surface area contributed by atoms with Gasteiger partial charge in [0.05, 0.1) is 11.6 Å². The number of rotatable bonds is 4. The Hall–Kier alpha value is -2.07. The number of nitrogens with zero attached hydrogens (tertiary/aromatic N) is 1. The van der Waals surface area contributed by atoms with Crippen LogP contribution in [0.2, 0.25) is 0 Å². The van der Waals surface area contributed by atoms with Crippen LogP contribution in [-0.4, -0.2) is 0 Å². The molecule has 0 aliphatic carbocycles. The van der Waals surface area contributed by atoms with Crippen LogP contribution in [0.3, 0.4) is 0 Å². The third-order valence-electron chi connectivity index (χ3n) is 2.13. The first-order valence-corrected chi connectivity index (χ1v) is 4.74. The van der Waals surface area contributed by atoms with Crippen molar-refractivity contribution in [3.8, 4) is 6.07 Å². The van der Waals surface area contributed by atoms with Gasteiger partial charge in [-0.25, -0.2) is 0 Å². The maximum atomic E-state index is 8.92. The van der Waals surface area contributed by atoms with E-state index in [-0.39, 0.29) is 0 Å². The van der Waals surface area contributed by atoms with Gasteiger partial charge in [-0.15, -0.1) is 0 Å². The normalized spacial score (nSPS) is 10.5. The molecule has 1 aromatic carbocycles. The highest BCUT2D eigenvalue weighted by atomic mass is 14.2. The van der Waals surface area contributed by atoms with E-state index in [2.05, 4.69) is 19.2 Å². The summed E-state index contributed by atoms with van der Waals surface area (Å²) >= 11 is 0. The molecule has 1 aromatic rings. The van der Waals surface area contributed by atoms with E-state index in [1.54, 1.807) is 12.2 Å².